The Bertz CT molecular complexity index is 393. The van der Waals surface area contributed by atoms with Gasteiger partial charge in [0.05, 0.1) is 12.6 Å². The van der Waals surface area contributed by atoms with Crippen molar-refractivity contribution in [1.29, 1.82) is 0 Å². The molecule has 6 heteroatoms. The van der Waals surface area contributed by atoms with E-state index in [-0.39, 0.29) is 12.1 Å². The first-order valence-corrected chi connectivity index (χ1v) is 6.19. The number of rotatable bonds is 2. The highest BCUT2D eigenvalue weighted by molar-refractivity contribution is 4.98. The van der Waals surface area contributed by atoms with Crippen LogP contribution in [0.5, 0.6) is 0 Å². The van der Waals surface area contributed by atoms with Crippen molar-refractivity contribution >= 4 is 0 Å². The summed E-state index contributed by atoms with van der Waals surface area (Å²) in [6, 6.07) is 0.366. The van der Waals surface area contributed by atoms with Gasteiger partial charge in [0.2, 0.25) is 11.7 Å². The van der Waals surface area contributed by atoms with Crippen LogP contribution in [0.25, 0.3) is 0 Å². The molecule has 1 aromatic heterocycles. The summed E-state index contributed by atoms with van der Waals surface area (Å²) < 4.78 is 10.9. The van der Waals surface area contributed by atoms with Gasteiger partial charge in [0.1, 0.15) is 6.10 Å². The summed E-state index contributed by atoms with van der Waals surface area (Å²) >= 11 is 0. The Morgan fingerprint density at radius 1 is 1.53 bits per heavy atom. The molecule has 0 aromatic carbocycles. The Morgan fingerprint density at radius 2 is 2.41 bits per heavy atom. The summed E-state index contributed by atoms with van der Waals surface area (Å²) in [4.78, 5) is 6.75. The van der Waals surface area contributed by atoms with Gasteiger partial charge in [0.15, 0.2) is 0 Å². The largest absolute Gasteiger partial charge is 0.367 e. The average molecular weight is 238 g/mol. The second-order valence-electron chi connectivity index (χ2n) is 4.89. The van der Waals surface area contributed by atoms with Crippen LogP contribution in [-0.4, -0.2) is 40.8 Å². The Labute approximate surface area is 100 Å². The Morgan fingerprint density at radius 3 is 3.18 bits per heavy atom. The van der Waals surface area contributed by atoms with Crippen molar-refractivity contribution in [2.45, 2.75) is 38.0 Å². The fraction of sp³-hybridized carbons (Fsp3) is 0.818. The van der Waals surface area contributed by atoms with E-state index in [2.05, 4.69) is 15.0 Å². The van der Waals surface area contributed by atoms with E-state index in [1.54, 1.807) is 0 Å². The number of hydrogen-bond acceptors (Lipinski definition) is 6. The molecule has 1 aromatic rings. The normalized spacial score (nSPS) is 31.4. The molecule has 2 aliphatic heterocycles. The maximum Gasteiger partial charge on any atom is 0.243 e. The smallest absolute Gasteiger partial charge is 0.243 e. The summed E-state index contributed by atoms with van der Waals surface area (Å²) in [5.74, 6) is 1.11. The highest BCUT2D eigenvalue weighted by Crippen LogP contribution is 2.28. The molecule has 0 bridgehead atoms. The number of hydrogen-bond donors (Lipinski definition) is 1. The fourth-order valence-corrected chi connectivity index (χ4v) is 2.54. The third kappa shape index (κ3) is 2.08. The van der Waals surface area contributed by atoms with E-state index in [1.807, 2.05) is 6.92 Å². The molecular weight excluding hydrogens is 220 g/mol. The number of aromatic nitrogens is 2. The standard InChI is InChI=1S/C11H18N4O2/c1-7(12)11-13-10(14-17-11)9-5-15-4-2-3-8(15)6-16-9/h7-9H,2-6,12H2,1H3/t7-,8?,9?/m0/s1. The average Bonchev–Trinajstić information content (AvgIpc) is 2.97. The lowest BCUT2D eigenvalue weighted by atomic mass is 10.2. The van der Waals surface area contributed by atoms with Crippen molar-refractivity contribution < 1.29 is 9.26 Å². The first-order chi connectivity index (χ1) is 8.24. The van der Waals surface area contributed by atoms with E-state index in [1.165, 1.54) is 12.8 Å². The molecule has 3 rings (SSSR count). The van der Waals surface area contributed by atoms with Crippen LogP contribution in [0.3, 0.4) is 0 Å². The molecule has 2 N–H and O–H groups in total. The molecule has 94 valence electrons. The van der Waals surface area contributed by atoms with Gasteiger partial charge in [-0.3, -0.25) is 4.90 Å². The fourth-order valence-electron chi connectivity index (χ4n) is 2.54. The van der Waals surface area contributed by atoms with Gasteiger partial charge in [-0.1, -0.05) is 5.16 Å². The van der Waals surface area contributed by atoms with Crippen LogP contribution in [0.4, 0.5) is 0 Å². The molecule has 17 heavy (non-hydrogen) atoms. The molecular formula is C11H18N4O2. The summed E-state index contributed by atoms with van der Waals surface area (Å²) in [6.07, 6.45) is 2.43. The van der Waals surface area contributed by atoms with Crippen LogP contribution in [-0.2, 0) is 4.74 Å². The minimum absolute atomic E-state index is 0.0689. The van der Waals surface area contributed by atoms with Gasteiger partial charge in [-0.15, -0.1) is 0 Å². The molecule has 2 fully saturated rings. The lowest BCUT2D eigenvalue weighted by Crippen LogP contribution is -2.42. The van der Waals surface area contributed by atoms with Gasteiger partial charge in [0, 0.05) is 12.6 Å². The number of nitrogens with zero attached hydrogens (tertiary/aromatic N) is 3. The van der Waals surface area contributed by atoms with Crippen LogP contribution < -0.4 is 5.73 Å². The molecule has 0 amide bonds. The zero-order chi connectivity index (χ0) is 11.8. The first-order valence-electron chi connectivity index (χ1n) is 6.19. The van der Waals surface area contributed by atoms with Crippen LogP contribution in [0, 0.1) is 0 Å². The van der Waals surface area contributed by atoms with Gasteiger partial charge >= 0.3 is 0 Å². The SMILES string of the molecule is C[C@H](N)c1nc(C2CN3CCCC3CO2)no1. The lowest BCUT2D eigenvalue weighted by Gasteiger charge is -2.33. The summed E-state index contributed by atoms with van der Waals surface area (Å²) in [5, 5.41) is 3.96. The molecule has 6 nitrogen and oxygen atoms in total. The predicted molar refractivity (Wildman–Crippen MR) is 60.2 cm³/mol. The Hall–Kier alpha value is -0.980. The van der Waals surface area contributed by atoms with E-state index >= 15 is 0 Å². The van der Waals surface area contributed by atoms with Gasteiger partial charge in [-0.25, -0.2) is 0 Å². The van der Waals surface area contributed by atoms with Crippen LogP contribution in [0.15, 0.2) is 4.52 Å². The van der Waals surface area contributed by atoms with E-state index in [0.717, 1.165) is 19.7 Å². The first kappa shape index (κ1) is 11.1. The van der Waals surface area contributed by atoms with Crippen molar-refractivity contribution in [3.8, 4) is 0 Å². The highest BCUT2D eigenvalue weighted by Gasteiger charge is 2.34. The van der Waals surface area contributed by atoms with Crippen molar-refractivity contribution in [3.05, 3.63) is 11.7 Å². The van der Waals surface area contributed by atoms with Crippen molar-refractivity contribution in [1.82, 2.24) is 15.0 Å². The Kier molecular flexibility index (Phi) is 2.85. The zero-order valence-electron chi connectivity index (χ0n) is 10.0. The quantitative estimate of drug-likeness (QED) is 0.814. The van der Waals surface area contributed by atoms with Gasteiger partial charge in [-0.05, 0) is 26.3 Å². The maximum absolute atomic E-state index is 5.80. The summed E-state index contributed by atoms with van der Waals surface area (Å²) in [7, 11) is 0. The van der Waals surface area contributed by atoms with E-state index in [0.29, 0.717) is 17.8 Å². The third-order valence-corrected chi connectivity index (χ3v) is 3.52. The number of fused-ring (bicyclic) bond motifs is 1. The van der Waals surface area contributed by atoms with Crippen LogP contribution >= 0.6 is 0 Å². The lowest BCUT2D eigenvalue weighted by molar-refractivity contribution is -0.0548. The van der Waals surface area contributed by atoms with E-state index in [9.17, 15) is 0 Å². The van der Waals surface area contributed by atoms with Gasteiger partial charge < -0.3 is 15.0 Å². The van der Waals surface area contributed by atoms with Crippen molar-refractivity contribution in [3.63, 3.8) is 0 Å². The minimum atomic E-state index is -0.223. The van der Waals surface area contributed by atoms with Crippen molar-refractivity contribution in [2.24, 2.45) is 5.73 Å². The van der Waals surface area contributed by atoms with Crippen molar-refractivity contribution in [2.75, 3.05) is 19.7 Å². The molecule has 2 saturated heterocycles. The highest BCUT2D eigenvalue weighted by atomic mass is 16.5. The second-order valence-corrected chi connectivity index (χ2v) is 4.89. The molecule has 3 heterocycles. The molecule has 0 saturated carbocycles. The number of nitrogens with two attached hydrogens (primary N) is 1. The number of morpholine rings is 1. The Balaban J connectivity index is 1.71. The monoisotopic (exact) mass is 238 g/mol. The molecule has 0 aliphatic carbocycles. The topological polar surface area (TPSA) is 77.4 Å². The third-order valence-electron chi connectivity index (χ3n) is 3.52. The zero-order valence-corrected chi connectivity index (χ0v) is 10.0. The maximum atomic E-state index is 5.80. The van der Waals surface area contributed by atoms with E-state index < -0.39 is 0 Å². The van der Waals surface area contributed by atoms with Gasteiger partial charge in [0.25, 0.3) is 0 Å². The minimum Gasteiger partial charge on any atom is -0.367 e. The van der Waals surface area contributed by atoms with Crippen LogP contribution in [0.2, 0.25) is 0 Å². The summed E-state index contributed by atoms with van der Waals surface area (Å²) in [6.45, 7) is 4.62. The molecule has 0 radical (unpaired) electrons. The molecule has 2 unspecified atom stereocenters. The van der Waals surface area contributed by atoms with Gasteiger partial charge in [-0.2, -0.15) is 4.98 Å². The predicted octanol–water partition coefficient (Wildman–Crippen LogP) is 0.625. The number of ether oxygens (including phenoxy) is 1. The molecule has 3 atom stereocenters. The second kappa shape index (κ2) is 4.36. The molecule has 0 spiro atoms. The van der Waals surface area contributed by atoms with Crippen LogP contribution in [0.1, 0.15) is 43.6 Å². The van der Waals surface area contributed by atoms with E-state index in [4.69, 9.17) is 15.0 Å². The summed E-state index contributed by atoms with van der Waals surface area (Å²) in [5.41, 5.74) is 5.69. The molecule has 2 aliphatic rings.